The van der Waals surface area contributed by atoms with Gasteiger partial charge in [0.15, 0.2) is 5.78 Å². The number of aromatic hydroxyl groups is 1. The van der Waals surface area contributed by atoms with Crippen LogP contribution >= 0.6 is 0 Å². The van der Waals surface area contributed by atoms with Crippen molar-refractivity contribution in [2.24, 2.45) is 0 Å². The Morgan fingerprint density at radius 2 is 2.10 bits per heavy atom. The third-order valence-electron chi connectivity index (χ3n) is 4.15. The number of rotatable bonds is 1. The van der Waals surface area contributed by atoms with Crippen LogP contribution in [0.25, 0.3) is 0 Å². The van der Waals surface area contributed by atoms with Crippen LogP contribution < -0.4 is 0 Å². The summed E-state index contributed by atoms with van der Waals surface area (Å²) in [6, 6.07) is 4.56. The Kier molecular flexibility index (Phi) is 3.08. The average Bonchev–Trinajstić information content (AvgIpc) is 2.64. The molecular formula is C16H17NO3. The van der Waals surface area contributed by atoms with E-state index in [1.54, 1.807) is 23.1 Å². The fourth-order valence-electron chi connectivity index (χ4n) is 3.08. The maximum absolute atomic E-state index is 12.4. The van der Waals surface area contributed by atoms with Crippen molar-refractivity contribution in [1.82, 2.24) is 4.90 Å². The second-order valence-corrected chi connectivity index (χ2v) is 5.54. The maximum atomic E-state index is 12.4. The SMILES string of the molecule is C=C1CCC[C@H](N2Cc3c(O)cccc3C2=O)C(=O)C1. The van der Waals surface area contributed by atoms with Crippen LogP contribution in [0.15, 0.2) is 30.4 Å². The largest absolute Gasteiger partial charge is 0.508 e. The maximum Gasteiger partial charge on any atom is 0.255 e. The van der Waals surface area contributed by atoms with Gasteiger partial charge in [0.25, 0.3) is 5.91 Å². The number of fused-ring (bicyclic) bond motifs is 1. The molecule has 1 heterocycles. The summed E-state index contributed by atoms with van der Waals surface area (Å²) >= 11 is 0. The second-order valence-electron chi connectivity index (χ2n) is 5.54. The van der Waals surface area contributed by atoms with Crippen molar-refractivity contribution in [1.29, 1.82) is 0 Å². The summed E-state index contributed by atoms with van der Waals surface area (Å²) < 4.78 is 0. The number of hydrogen-bond donors (Lipinski definition) is 1. The first kappa shape index (κ1) is 12.9. The van der Waals surface area contributed by atoms with Crippen molar-refractivity contribution < 1.29 is 14.7 Å². The van der Waals surface area contributed by atoms with Gasteiger partial charge in [-0.15, -0.1) is 0 Å². The standard InChI is InChI=1S/C16H17NO3/c1-10-4-2-6-13(15(19)8-10)17-9-12-11(16(17)20)5-3-7-14(12)18/h3,5,7,13,18H,1-2,4,6,8-9H2/t13-/m0/s1. The molecule has 1 aromatic carbocycles. The molecule has 4 nitrogen and oxygen atoms in total. The van der Waals surface area contributed by atoms with Crippen LogP contribution in [0.1, 0.15) is 41.6 Å². The summed E-state index contributed by atoms with van der Waals surface area (Å²) in [4.78, 5) is 26.3. The van der Waals surface area contributed by atoms with E-state index in [9.17, 15) is 14.7 Å². The van der Waals surface area contributed by atoms with E-state index in [0.717, 1.165) is 18.4 Å². The summed E-state index contributed by atoms with van der Waals surface area (Å²) in [5.41, 5.74) is 2.10. The van der Waals surface area contributed by atoms with E-state index in [4.69, 9.17) is 0 Å². The number of amides is 1. The minimum atomic E-state index is -0.381. The lowest BCUT2D eigenvalue weighted by atomic mass is 10.1. The van der Waals surface area contributed by atoms with Crippen molar-refractivity contribution in [3.05, 3.63) is 41.5 Å². The highest BCUT2D eigenvalue weighted by atomic mass is 16.3. The number of hydrogen-bond acceptors (Lipinski definition) is 3. The number of Topliss-reactive ketones (excluding diaryl/α,β-unsaturated/α-hetero) is 1. The zero-order valence-electron chi connectivity index (χ0n) is 11.3. The van der Waals surface area contributed by atoms with Crippen LogP contribution in [0.4, 0.5) is 0 Å². The summed E-state index contributed by atoms with van der Waals surface area (Å²) in [6.45, 7) is 4.22. The van der Waals surface area contributed by atoms with Gasteiger partial charge in [-0.1, -0.05) is 18.2 Å². The van der Waals surface area contributed by atoms with Crippen molar-refractivity contribution in [2.75, 3.05) is 0 Å². The Morgan fingerprint density at radius 3 is 2.85 bits per heavy atom. The van der Waals surface area contributed by atoms with Crippen LogP contribution in [0.3, 0.4) is 0 Å². The van der Waals surface area contributed by atoms with Crippen LogP contribution in [0, 0.1) is 0 Å². The lowest BCUT2D eigenvalue weighted by Crippen LogP contribution is -2.40. The number of ketones is 1. The van der Waals surface area contributed by atoms with E-state index in [-0.39, 0.29) is 23.5 Å². The highest BCUT2D eigenvalue weighted by Crippen LogP contribution is 2.33. The second kappa shape index (κ2) is 4.78. The van der Waals surface area contributed by atoms with Crippen molar-refractivity contribution in [3.63, 3.8) is 0 Å². The highest BCUT2D eigenvalue weighted by Gasteiger charge is 2.37. The van der Waals surface area contributed by atoms with Gasteiger partial charge >= 0.3 is 0 Å². The molecule has 1 amide bonds. The minimum absolute atomic E-state index is 0.0631. The van der Waals surface area contributed by atoms with Gasteiger partial charge in [-0.3, -0.25) is 9.59 Å². The molecule has 1 atom stereocenters. The molecule has 4 heteroatoms. The number of carbonyl (C=O) groups excluding carboxylic acids is 2. The normalized spacial score (nSPS) is 22.9. The van der Waals surface area contributed by atoms with Gasteiger partial charge in [0.1, 0.15) is 5.75 Å². The zero-order chi connectivity index (χ0) is 14.3. The summed E-state index contributed by atoms with van der Waals surface area (Å²) in [6.07, 6.45) is 2.76. The summed E-state index contributed by atoms with van der Waals surface area (Å²) in [7, 11) is 0. The first-order valence-electron chi connectivity index (χ1n) is 6.89. The van der Waals surface area contributed by atoms with E-state index >= 15 is 0 Å². The van der Waals surface area contributed by atoms with E-state index in [1.165, 1.54) is 0 Å². The molecule has 1 N–H and O–H groups in total. The Bertz CT molecular complexity index is 606. The molecular weight excluding hydrogens is 254 g/mol. The van der Waals surface area contributed by atoms with Gasteiger partial charge in [-0.25, -0.2) is 0 Å². The fraction of sp³-hybridized carbons (Fsp3) is 0.375. The van der Waals surface area contributed by atoms with E-state index in [1.807, 2.05) is 0 Å². The van der Waals surface area contributed by atoms with Gasteiger partial charge in [0.2, 0.25) is 0 Å². The van der Waals surface area contributed by atoms with E-state index < -0.39 is 0 Å². The van der Waals surface area contributed by atoms with Gasteiger partial charge in [-0.2, -0.15) is 0 Å². The summed E-state index contributed by atoms with van der Waals surface area (Å²) in [5, 5.41) is 9.85. The minimum Gasteiger partial charge on any atom is -0.508 e. The molecule has 0 spiro atoms. The molecule has 0 aromatic heterocycles. The predicted octanol–water partition coefficient (Wildman–Crippen LogP) is 2.42. The molecule has 0 bridgehead atoms. The molecule has 1 aliphatic carbocycles. The molecule has 1 fully saturated rings. The summed E-state index contributed by atoms with van der Waals surface area (Å²) in [5.74, 6) is 0.0405. The number of nitrogens with zero attached hydrogens (tertiary/aromatic N) is 1. The predicted molar refractivity (Wildman–Crippen MR) is 74.4 cm³/mol. The fourth-order valence-corrected chi connectivity index (χ4v) is 3.08. The van der Waals surface area contributed by atoms with Crippen molar-refractivity contribution in [2.45, 2.75) is 38.3 Å². The van der Waals surface area contributed by atoms with Crippen molar-refractivity contribution >= 4 is 11.7 Å². The Labute approximate surface area is 117 Å². The molecule has 104 valence electrons. The van der Waals surface area contributed by atoms with Crippen LogP contribution in [-0.2, 0) is 11.3 Å². The van der Waals surface area contributed by atoms with Crippen LogP contribution in [0.5, 0.6) is 5.75 Å². The van der Waals surface area contributed by atoms with Crippen LogP contribution in [-0.4, -0.2) is 27.7 Å². The quantitative estimate of drug-likeness (QED) is 0.630. The zero-order valence-corrected chi connectivity index (χ0v) is 11.3. The first-order chi connectivity index (χ1) is 9.58. The topological polar surface area (TPSA) is 57.6 Å². The number of allylic oxidation sites excluding steroid dienone is 1. The van der Waals surface area contributed by atoms with E-state index in [2.05, 4.69) is 6.58 Å². The molecule has 1 aromatic rings. The van der Waals surface area contributed by atoms with Gasteiger partial charge < -0.3 is 10.0 Å². The van der Waals surface area contributed by atoms with Gasteiger partial charge in [0.05, 0.1) is 12.6 Å². The third kappa shape index (κ3) is 2.01. The number of carbonyl (C=O) groups is 2. The number of phenols is 1. The molecule has 0 radical (unpaired) electrons. The molecule has 20 heavy (non-hydrogen) atoms. The Morgan fingerprint density at radius 1 is 1.30 bits per heavy atom. The van der Waals surface area contributed by atoms with E-state index in [0.29, 0.717) is 30.5 Å². The first-order valence-corrected chi connectivity index (χ1v) is 6.89. The Hall–Kier alpha value is -2.10. The highest BCUT2D eigenvalue weighted by molar-refractivity contribution is 6.02. The lowest BCUT2D eigenvalue weighted by molar-refractivity contribution is -0.122. The molecule has 1 aliphatic heterocycles. The smallest absolute Gasteiger partial charge is 0.255 e. The van der Waals surface area contributed by atoms with Crippen molar-refractivity contribution in [3.8, 4) is 5.75 Å². The lowest BCUT2D eigenvalue weighted by Gasteiger charge is -2.25. The molecule has 2 aliphatic rings. The molecule has 0 saturated heterocycles. The van der Waals surface area contributed by atoms with Gasteiger partial charge in [0, 0.05) is 17.5 Å². The third-order valence-corrected chi connectivity index (χ3v) is 4.15. The average molecular weight is 271 g/mol. The molecule has 3 rings (SSSR count). The molecule has 0 unspecified atom stereocenters. The molecule has 1 saturated carbocycles. The van der Waals surface area contributed by atoms with Gasteiger partial charge in [-0.05, 0) is 31.4 Å². The van der Waals surface area contributed by atoms with Crippen LogP contribution in [0.2, 0.25) is 0 Å². The number of phenolic OH excluding ortho intramolecular Hbond substituents is 1. The monoisotopic (exact) mass is 271 g/mol. The number of benzene rings is 1. The Balaban J connectivity index is 1.90.